The number of aliphatic hydroxyl groups excluding tert-OH is 1. The molecule has 174 valence electrons. The molecule has 3 aliphatic rings. The fraction of sp³-hybridized carbons (Fsp3) is 0.360. The second-order valence-corrected chi connectivity index (χ2v) is 9.73. The van der Waals surface area contributed by atoms with Crippen LogP contribution in [0.5, 0.6) is 0 Å². The molecule has 1 aromatic carbocycles. The fourth-order valence-electron chi connectivity index (χ4n) is 5.57. The maximum absolute atomic E-state index is 13.3. The van der Waals surface area contributed by atoms with Gasteiger partial charge in [0, 0.05) is 35.0 Å². The van der Waals surface area contributed by atoms with Crippen molar-refractivity contribution in [2.24, 2.45) is 5.41 Å². The van der Waals surface area contributed by atoms with Crippen LogP contribution in [0.25, 0.3) is 5.65 Å². The highest BCUT2D eigenvalue weighted by atomic mass is 16.4. The van der Waals surface area contributed by atoms with Crippen molar-refractivity contribution in [2.45, 2.75) is 44.7 Å². The van der Waals surface area contributed by atoms with Crippen molar-refractivity contribution in [1.82, 2.24) is 9.38 Å². The summed E-state index contributed by atoms with van der Waals surface area (Å²) in [5.41, 5.74) is 1.73. The van der Waals surface area contributed by atoms with Crippen molar-refractivity contribution in [3.05, 3.63) is 69.1 Å². The van der Waals surface area contributed by atoms with Gasteiger partial charge in [-0.25, -0.2) is 9.78 Å². The normalized spacial score (nSPS) is 23.4. The van der Waals surface area contributed by atoms with Crippen molar-refractivity contribution in [2.75, 3.05) is 17.2 Å². The summed E-state index contributed by atoms with van der Waals surface area (Å²) < 4.78 is 1.38. The maximum atomic E-state index is 13.3. The van der Waals surface area contributed by atoms with Gasteiger partial charge in [0.15, 0.2) is 11.4 Å². The van der Waals surface area contributed by atoms with Gasteiger partial charge < -0.3 is 20.8 Å². The second-order valence-electron chi connectivity index (χ2n) is 9.73. The number of carbonyl (C=O) groups is 1. The van der Waals surface area contributed by atoms with Crippen molar-refractivity contribution in [3.63, 3.8) is 0 Å². The van der Waals surface area contributed by atoms with Crippen LogP contribution in [0, 0.1) is 23.7 Å². The number of anilines is 2. The molecule has 0 radical (unpaired) electrons. The molecular weight excluding hydrogens is 434 g/mol. The predicted molar refractivity (Wildman–Crippen MR) is 126 cm³/mol. The van der Waals surface area contributed by atoms with Gasteiger partial charge in [-0.15, -0.1) is 0 Å². The fourth-order valence-corrected chi connectivity index (χ4v) is 5.57. The Morgan fingerprint density at radius 3 is 2.68 bits per heavy atom. The van der Waals surface area contributed by atoms with Gasteiger partial charge in [-0.3, -0.25) is 9.20 Å². The van der Waals surface area contributed by atoms with Gasteiger partial charge in [-0.1, -0.05) is 12.1 Å². The number of carboxylic acid groups (broad SMARTS) is 1. The Balaban J connectivity index is 1.57. The highest BCUT2D eigenvalue weighted by Gasteiger charge is 2.67. The summed E-state index contributed by atoms with van der Waals surface area (Å²) >= 11 is 0. The first kappa shape index (κ1) is 21.9. The van der Waals surface area contributed by atoms with Crippen molar-refractivity contribution in [1.29, 1.82) is 5.26 Å². The lowest BCUT2D eigenvalue weighted by molar-refractivity contribution is -0.146. The van der Waals surface area contributed by atoms with Gasteiger partial charge in [-0.05, 0) is 56.9 Å². The third-order valence-corrected chi connectivity index (χ3v) is 7.06. The number of nitrogens with zero attached hydrogens (tertiary/aromatic N) is 3. The molecule has 2 bridgehead atoms. The topological polar surface area (TPSA) is 140 Å². The Kier molecular flexibility index (Phi) is 4.88. The third kappa shape index (κ3) is 3.30. The van der Waals surface area contributed by atoms with E-state index in [-0.39, 0.29) is 40.5 Å². The molecule has 3 aliphatic carbocycles. The molecule has 1 atom stereocenters. The molecule has 0 spiro atoms. The molecule has 0 saturated heterocycles. The Morgan fingerprint density at radius 1 is 1.32 bits per heavy atom. The van der Waals surface area contributed by atoms with E-state index in [0.29, 0.717) is 16.9 Å². The summed E-state index contributed by atoms with van der Waals surface area (Å²) in [6, 6.07) is 10.2. The first-order valence-corrected chi connectivity index (χ1v) is 11.1. The minimum atomic E-state index is -1.04. The van der Waals surface area contributed by atoms with E-state index < -0.39 is 11.5 Å². The van der Waals surface area contributed by atoms with Crippen LogP contribution in [0.3, 0.4) is 0 Å². The molecule has 9 nitrogen and oxygen atoms in total. The molecule has 3 fully saturated rings. The largest absolute Gasteiger partial charge is 0.478 e. The summed E-state index contributed by atoms with van der Waals surface area (Å²) in [4.78, 5) is 29.6. The van der Waals surface area contributed by atoms with E-state index in [1.807, 2.05) is 26.0 Å². The Hall–Kier alpha value is -3.90. The van der Waals surface area contributed by atoms with Gasteiger partial charge in [0.25, 0.3) is 5.56 Å². The number of pyridine rings is 1. The zero-order valence-corrected chi connectivity index (χ0v) is 18.9. The number of benzene rings is 1. The first-order valence-electron chi connectivity index (χ1n) is 11.1. The van der Waals surface area contributed by atoms with Crippen LogP contribution in [-0.2, 0) is 0 Å². The van der Waals surface area contributed by atoms with E-state index in [2.05, 4.69) is 10.6 Å². The number of hydrogen-bond donors (Lipinski definition) is 4. The van der Waals surface area contributed by atoms with E-state index in [9.17, 15) is 25.1 Å². The van der Waals surface area contributed by atoms with Crippen LogP contribution in [0.4, 0.5) is 11.5 Å². The molecule has 3 saturated carbocycles. The Labute approximate surface area is 195 Å². The lowest BCUT2D eigenvalue weighted by Gasteiger charge is -2.70. The SMILES string of the molecule is Cc1cc([C@@H](C)Nc2ccccc2C(=O)O)c2nc(NC34CC(CO)(C3)C4)c(C#N)c(=O)n2c1. The molecule has 4 N–H and O–H groups in total. The van der Waals surface area contributed by atoms with E-state index >= 15 is 0 Å². The summed E-state index contributed by atoms with van der Waals surface area (Å²) in [5, 5.41) is 35.4. The Morgan fingerprint density at radius 2 is 2.03 bits per heavy atom. The number of nitrogens with one attached hydrogen (secondary N) is 2. The number of fused-ring (bicyclic) bond motifs is 1. The average molecular weight is 460 g/mol. The van der Waals surface area contributed by atoms with E-state index in [1.165, 1.54) is 10.5 Å². The molecule has 0 amide bonds. The summed E-state index contributed by atoms with van der Waals surface area (Å²) in [6.45, 7) is 3.86. The predicted octanol–water partition coefficient (Wildman–Crippen LogP) is 3.07. The molecular formula is C25H25N5O4. The minimum absolute atomic E-state index is 0.0378. The summed E-state index contributed by atoms with van der Waals surface area (Å²) in [7, 11) is 0. The number of aliphatic hydroxyl groups is 1. The zero-order valence-electron chi connectivity index (χ0n) is 18.9. The molecule has 0 aliphatic heterocycles. The van der Waals surface area contributed by atoms with Gasteiger partial charge in [-0.2, -0.15) is 5.26 Å². The van der Waals surface area contributed by atoms with Gasteiger partial charge in [0.05, 0.1) is 11.6 Å². The van der Waals surface area contributed by atoms with Crippen LogP contribution in [-0.4, -0.2) is 37.7 Å². The van der Waals surface area contributed by atoms with E-state index in [4.69, 9.17) is 4.98 Å². The van der Waals surface area contributed by atoms with Crippen LogP contribution in [0.1, 0.15) is 59.3 Å². The van der Waals surface area contributed by atoms with Gasteiger partial charge >= 0.3 is 5.97 Å². The molecule has 34 heavy (non-hydrogen) atoms. The molecule has 9 heteroatoms. The summed E-state index contributed by atoms with van der Waals surface area (Å²) in [6.07, 6.45) is 4.01. The monoisotopic (exact) mass is 459 g/mol. The number of rotatable bonds is 7. The molecule has 6 rings (SSSR count). The lowest BCUT2D eigenvalue weighted by atomic mass is 9.39. The van der Waals surface area contributed by atoms with Crippen molar-refractivity contribution < 1.29 is 15.0 Å². The van der Waals surface area contributed by atoms with E-state index in [1.54, 1.807) is 24.4 Å². The number of carboxylic acids is 1. The van der Waals surface area contributed by atoms with Crippen LogP contribution in [0.15, 0.2) is 41.3 Å². The standard InChI is InChI=1S/C25H25N5O4/c1-14-7-17(15(2)27-19-6-4-3-5-16(19)23(33)34)21-28-20(18(8-26)22(32)30(21)9-14)29-25-10-24(11-25,12-25)13-31/h3-7,9,15,27,29,31H,10-13H2,1-2H3,(H,33,34)/t15-,24?,25?/m1/s1. The van der Waals surface area contributed by atoms with Gasteiger partial charge in [0.1, 0.15) is 11.7 Å². The highest BCUT2D eigenvalue weighted by Crippen LogP contribution is 2.67. The van der Waals surface area contributed by atoms with E-state index in [0.717, 1.165) is 24.8 Å². The average Bonchev–Trinajstić information content (AvgIpc) is 2.75. The molecule has 2 heterocycles. The minimum Gasteiger partial charge on any atom is -0.478 e. The number of aromatic nitrogens is 2. The number of hydrogen-bond acceptors (Lipinski definition) is 7. The van der Waals surface area contributed by atoms with Crippen molar-refractivity contribution in [3.8, 4) is 6.07 Å². The number of aromatic carboxylic acids is 1. The van der Waals surface area contributed by atoms with Crippen LogP contribution >= 0.6 is 0 Å². The smallest absolute Gasteiger partial charge is 0.337 e. The quantitative estimate of drug-likeness (QED) is 0.423. The number of aryl methyl sites for hydroxylation is 1. The molecule has 2 aromatic heterocycles. The highest BCUT2D eigenvalue weighted by molar-refractivity contribution is 5.94. The third-order valence-electron chi connectivity index (χ3n) is 7.06. The second kappa shape index (κ2) is 7.57. The van der Waals surface area contributed by atoms with Crippen LogP contribution in [0.2, 0.25) is 0 Å². The van der Waals surface area contributed by atoms with Gasteiger partial charge in [0.2, 0.25) is 0 Å². The summed E-state index contributed by atoms with van der Waals surface area (Å²) in [5.74, 6) is -0.787. The first-order chi connectivity index (χ1) is 16.2. The molecule has 0 unspecified atom stereocenters. The Bertz CT molecular complexity index is 1420. The van der Waals surface area contributed by atoms with Crippen LogP contribution < -0.4 is 16.2 Å². The number of nitriles is 1. The zero-order chi connectivity index (χ0) is 24.3. The maximum Gasteiger partial charge on any atom is 0.337 e. The molecule has 3 aromatic rings. The lowest BCUT2D eigenvalue weighted by Crippen LogP contribution is -2.72. The van der Waals surface area contributed by atoms with Crippen molar-refractivity contribution >= 4 is 23.1 Å². The number of para-hydroxylation sites is 1.